The summed E-state index contributed by atoms with van der Waals surface area (Å²) in [5.41, 5.74) is -0.00322. The van der Waals surface area contributed by atoms with Crippen molar-refractivity contribution in [3.05, 3.63) is 45.0 Å². The summed E-state index contributed by atoms with van der Waals surface area (Å²) >= 11 is -2.72. The van der Waals surface area contributed by atoms with Gasteiger partial charge in [-0.15, -0.1) is 6.42 Å². The van der Waals surface area contributed by atoms with Gasteiger partial charge in [-0.2, -0.15) is 0 Å². The van der Waals surface area contributed by atoms with Crippen molar-refractivity contribution < 1.29 is 22.7 Å². The van der Waals surface area contributed by atoms with Gasteiger partial charge in [0.1, 0.15) is 5.69 Å². The van der Waals surface area contributed by atoms with E-state index in [-0.39, 0.29) is 28.1 Å². The van der Waals surface area contributed by atoms with Crippen molar-refractivity contribution in [1.29, 1.82) is 0 Å². The first-order chi connectivity index (χ1) is 12.3. The van der Waals surface area contributed by atoms with Crippen LogP contribution in [0.2, 0.25) is 0 Å². The summed E-state index contributed by atoms with van der Waals surface area (Å²) in [6.45, 7) is 5.23. The highest BCUT2D eigenvalue weighted by atomic mass is 32.2. The van der Waals surface area contributed by atoms with E-state index < -0.39 is 22.9 Å². The molecule has 1 aromatic rings. The van der Waals surface area contributed by atoms with Gasteiger partial charge in [-0.25, -0.2) is 9.18 Å². The van der Waals surface area contributed by atoms with E-state index in [9.17, 15) is 13.6 Å². The van der Waals surface area contributed by atoms with Crippen LogP contribution in [-0.2, 0) is 22.9 Å². The Bertz CT molecular complexity index is 932. The van der Waals surface area contributed by atoms with E-state index >= 15 is 4.39 Å². The first-order valence-electron chi connectivity index (χ1n) is 7.99. The summed E-state index contributed by atoms with van der Waals surface area (Å²) < 4.78 is 44.5. The lowest BCUT2D eigenvalue weighted by molar-refractivity contribution is 0.0515. The molecule has 0 bridgehead atoms. The molecular weight excluding hydrogens is 357 g/mol. The molecule has 0 spiro atoms. The van der Waals surface area contributed by atoms with Crippen molar-refractivity contribution >= 4 is 29.0 Å². The zero-order valence-electron chi connectivity index (χ0n) is 15.2. The van der Waals surface area contributed by atoms with Crippen LogP contribution in [0, 0.1) is 12.3 Å². The Hall–Kier alpha value is -2.43. The highest BCUT2D eigenvalue weighted by Crippen LogP contribution is 2.22. The second kappa shape index (κ2) is 9.90. The quantitative estimate of drug-likeness (QED) is 0.328. The molecule has 0 aliphatic carbocycles. The lowest BCUT2D eigenvalue weighted by Gasteiger charge is -2.12. The molecule has 0 N–H and O–H groups in total. The smallest absolute Gasteiger partial charge is 0.354 e. The second-order valence-electron chi connectivity index (χ2n) is 5.15. The Morgan fingerprint density at radius 2 is 2.15 bits per heavy atom. The van der Waals surface area contributed by atoms with Crippen LogP contribution in [0.25, 0.3) is 11.9 Å². The molecule has 5 nitrogen and oxygen atoms in total. The zero-order valence-corrected chi connectivity index (χ0v) is 16.0. The van der Waals surface area contributed by atoms with E-state index in [1.807, 2.05) is 6.92 Å². The molecule has 140 valence electrons. The number of terminal acetylenes is 1. The Kier molecular flexibility index (Phi) is 8.23. The maximum Gasteiger partial charge on any atom is 0.354 e. The summed E-state index contributed by atoms with van der Waals surface area (Å²) in [6.07, 6.45) is 9.79. The lowest BCUT2D eigenvalue weighted by atomic mass is 10.1. The topological polar surface area (TPSA) is 71.4 Å². The molecule has 0 amide bonds. The van der Waals surface area contributed by atoms with Gasteiger partial charge >= 0.3 is 5.97 Å². The summed E-state index contributed by atoms with van der Waals surface area (Å²) in [5, 5.41) is 0.544. The lowest BCUT2D eigenvalue weighted by Crippen LogP contribution is -2.31. The Morgan fingerprint density at radius 1 is 1.50 bits per heavy atom. The first kappa shape index (κ1) is 21.6. The number of rotatable bonds is 6. The number of ether oxygens (including phenoxy) is 1. The first-order valence-corrected chi connectivity index (χ1v) is 9.06. The van der Waals surface area contributed by atoms with Crippen LogP contribution in [0.15, 0.2) is 28.7 Å². The fourth-order valence-electron chi connectivity index (χ4n) is 2.47. The molecule has 0 aliphatic rings. The van der Waals surface area contributed by atoms with Crippen molar-refractivity contribution in [2.75, 3.05) is 6.61 Å². The summed E-state index contributed by atoms with van der Waals surface area (Å²) in [6, 6.07) is 1.52. The predicted octanol–water partition coefficient (Wildman–Crippen LogP) is 1.81. The number of carbonyl (C=O) groups is 1. The van der Waals surface area contributed by atoms with Crippen LogP contribution < -0.4 is 10.6 Å². The number of allylic oxidation sites excluding steroid dienone is 3. The maximum absolute atomic E-state index is 15.3. The number of hydrogen-bond donors (Lipinski definition) is 0. The molecule has 1 rings (SSSR count). The second-order valence-corrected chi connectivity index (χ2v) is 6.06. The SMILES string of the molecule is C#C\C=C(C(=C\C)/C(F)=c1/c(=C\CC)cc(C(=O)OCC)n1C)\S(=O)[O-]. The third-order valence-corrected chi connectivity index (χ3v) is 4.26. The molecule has 1 aromatic heterocycles. The van der Waals surface area contributed by atoms with Gasteiger partial charge < -0.3 is 13.9 Å². The van der Waals surface area contributed by atoms with Gasteiger partial charge in [-0.05, 0) is 42.6 Å². The highest BCUT2D eigenvalue weighted by molar-refractivity contribution is 7.83. The minimum absolute atomic E-state index is 0.0800. The maximum atomic E-state index is 15.3. The number of halogens is 1. The van der Waals surface area contributed by atoms with Crippen molar-refractivity contribution in [3.8, 4) is 12.3 Å². The number of nitrogens with zero attached hydrogens (tertiary/aromatic N) is 1. The standard InChI is InChI=1S/C19H22FNO4S/c1-6-10-13-12-15(19(22)25-9-4)21(5)18(13)17(20)14(8-3)16(11-7-2)26(23)24/h2,8,10-12H,6,9H2,1,3-5H3,(H,23,24)/p-1/b13-10-,14-8+,16-11+,18-17+. The predicted molar refractivity (Wildman–Crippen MR) is 99.5 cm³/mol. The third kappa shape index (κ3) is 4.59. The molecule has 7 heteroatoms. The van der Waals surface area contributed by atoms with Crippen LogP contribution in [0.5, 0.6) is 0 Å². The van der Waals surface area contributed by atoms with Crippen molar-refractivity contribution in [2.45, 2.75) is 27.2 Å². The van der Waals surface area contributed by atoms with E-state index in [1.165, 1.54) is 30.7 Å². The Labute approximate surface area is 154 Å². The monoisotopic (exact) mass is 378 g/mol. The van der Waals surface area contributed by atoms with E-state index in [0.29, 0.717) is 11.6 Å². The molecule has 26 heavy (non-hydrogen) atoms. The van der Waals surface area contributed by atoms with Crippen LogP contribution in [0.3, 0.4) is 0 Å². The molecule has 1 atom stereocenters. The fourth-order valence-corrected chi connectivity index (χ4v) is 3.02. The summed E-state index contributed by atoms with van der Waals surface area (Å²) in [5.74, 6) is 0.716. The molecule has 0 aliphatic heterocycles. The van der Waals surface area contributed by atoms with E-state index in [4.69, 9.17) is 11.2 Å². The van der Waals surface area contributed by atoms with Crippen LogP contribution in [0.1, 0.15) is 37.7 Å². The van der Waals surface area contributed by atoms with E-state index in [1.54, 1.807) is 13.0 Å². The van der Waals surface area contributed by atoms with Crippen LogP contribution >= 0.6 is 0 Å². The van der Waals surface area contributed by atoms with Gasteiger partial charge in [0.15, 0.2) is 5.83 Å². The normalized spacial score (nSPS) is 15.5. The summed E-state index contributed by atoms with van der Waals surface area (Å²) in [4.78, 5) is 11.8. The van der Waals surface area contributed by atoms with Crippen molar-refractivity contribution in [3.63, 3.8) is 0 Å². The highest BCUT2D eigenvalue weighted by Gasteiger charge is 2.18. The van der Waals surface area contributed by atoms with Crippen LogP contribution in [0.4, 0.5) is 4.39 Å². The van der Waals surface area contributed by atoms with Crippen molar-refractivity contribution in [2.24, 2.45) is 7.05 Å². The van der Waals surface area contributed by atoms with Gasteiger partial charge in [0.05, 0.1) is 12.0 Å². The minimum Gasteiger partial charge on any atom is -0.768 e. The zero-order chi connectivity index (χ0) is 19.9. The molecule has 0 saturated carbocycles. The number of carbonyl (C=O) groups excluding carboxylic acids is 1. The molecule has 0 saturated heterocycles. The molecular formula is C19H21FNO4S-. The van der Waals surface area contributed by atoms with Crippen LogP contribution in [-0.4, -0.2) is 25.9 Å². The number of esters is 1. The number of hydrogen-bond acceptors (Lipinski definition) is 4. The van der Waals surface area contributed by atoms with Gasteiger partial charge in [0, 0.05) is 23.6 Å². The van der Waals surface area contributed by atoms with E-state index in [2.05, 4.69) is 5.92 Å². The minimum atomic E-state index is -2.72. The average Bonchev–Trinajstić information content (AvgIpc) is 2.91. The molecule has 0 aromatic carbocycles. The third-order valence-electron chi connectivity index (χ3n) is 3.56. The summed E-state index contributed by atoms with van der Waals surface area (Å²) in [7, 11) is 1.51. The van der Waals surface area contributed by atoms with Gasteiger partial charge in [0.2, 0.25) is 0 Å². The van der Waals surface area contributed by atoms with Gasteiger partial charge in [0.25, 0.3) is 0 Å². The van der Waals surface area contributed by atoms with Gasteiger partial charge in [-0.3, -0.25) is 4.21 Å². The van der Waals surface area contributed by atoms with E-state index in [0.717, 1.165) is 6.08 Å². The fraction of sp³-hybridized carbons (Fsp3) is 0.316. The average molecular weight is 378 g/mol. The number of aromatic nitrogens is 1. The molecule has 1 unspecified atom stereocenters. The Balaban J connectivity index is 3.89. The van der Waals surface area contributed by atoms with Crippen molar-refractivity contribution in [1.82, 2.24) is 4.57 Å². The molecule has 0 radical (unpaired) electrons. The molecule has 0 fully saturated rings. The van der Waals surface area contributed by atoms with Gasteiger partial charge in [-0.1, -0.05) is 25.0 Å². The molecule has 1 heterocycles. The largest absolute Gasteiger partial charge is 0.768 e. The Morgan fingerprint density at radius 3 is 2.62 bits per heavy atom.